The number of carbonyl (C=O) groups excluding carboxylic acids is 2. The van der Waals surface area contributed by atoms with Crippen LogP contribution in [0.3, 0.4) is 0 Å². The largest absolute Gasteiger partial charge is 0.493 e. The van der Waals surface area contributed by atoms with Crippen LogP contribution < -0.4 is 14.8 Å². The minimum atomic E-state index is -0.925. The Bertz CT molecular complexity index is 1490. The van der Waals surface area contributed by atoms with Gasteiger partial charge in [-0.3, -0.25) is 9.59 Å². The highest BCUT2D eigenvalue weighted by Gasteiger charge is 2.34. The molecule has 9 heteroatoms. The second-order valence-corrected chi connectivity index (χ2v) is 10.8. The first kappa shape index (κ1) is 28.6. The number of methoxy groups -OCH3 is 2. The number of fused-ring (bicyclic) bond motifs is 1. The van der Waals surface area contributed by atoms with Crippen LogP contribution in [0.25, 0.3) is 11.0 Å². The number of para-hydroxylation sites is 1. The van der Waals surface area contributed by atoms with Crippen molar-refractivity contribution in [3.05, 3.63) is 83.4 Å². The molecule has 0 fully saturated rings. The highest BCUT2D eigenvalue weighted by atomic mass is 16.5. The Morgan fingerprint density at radius 1 is 0.975 bits per heavy atom. The standard InChI is InChI=1S/C31H37N5O4/c1-21-10-9-11-22(18-21)16-17-35(28(37)20-36-25-13-8-7-12-24(25)33-34-36)29(30(38)32-31(2,3)4)23-14-15-26(39-5)27(19-23)40-6/h7-15,18-19,29H,16-17,20H2,1-6H3,(H,32,38). The average molecular weight is 544 g/mol. The summed E-state index contributed by atoms with van der Waals surface area (Å²) in [5, 5.41) is 11.5. The SMILES string of the molecule is COc1ccc(C(C(=O)NC(C)(C)C)N(CCc2cccc(C)c2)C(=O)Cn2nnc3ccccc32)cc1OC. The summed E-state index contributed by atoms with van der Waals surface area (Å²) in [6, 6.07) is 20.0. The summed E-state index contributed by atoms with van der Waals surface area (Å²) in [4.78, 5) is 29.7. The number of aromatic nitrogens is 3. The van der Waals surface area contributed by atoms with Crippen molar-refractivity contribution in [2.45, 2.75) is 52.2 Å². The van der Waals surface area contributed by atoms with Gasteiger partial charge in [0.1, 0.15) is 18.1 Å². The molecule has 0 radical (unpaired) electrons. The molecule has 1 atom stereocenters. The minimum absolute atomic E-state index is 0.0685. The molecule has 0 aliphatic rings. The number of ether oxygens (including phenoxy) is 2. The Hall–Kier alpha value is -4.40. The predicted octanol–water partition coefficient (Wildman–Crippen LogP) is 4.48. The van der Waals surface area contributed by atoms with Gasteiger partial charge < -0.3 is 19.7 Å². The third-order valence-electron chi connectivity index (χ3n) is 6.53. The van der Waals surface area contributed by atoms with Crippen LogP contribution >= 0.6 is 0 Å². The van der Waals surface area contributed by atoms with E-state index in [2.05, 4.69) is 21.7 Å². The zero-order chi connectivity index (χ0) is 28.9. The fourth-order valence-corrected chi connectivity index (χ4v) is 4.70. The van der Waals surface area contributed by atoms with E-state index >= 15 is 0 Å². The van der Waals surface area contributed by atoms with E-state index in [9.17, 15) is 9.59 Å². The van der Waals surface area contributed by atoms with E-state index in [1.165, 1.54) is 0 Å². The summed E-state index contributed by atoms with van der Waals surface area (Å²) in [5.74, 6) is 0.461. The summed E-state index contributed by atoms with van der Waals surface area (Å²) >= 11 is 0. The van der Waals surface area contributed by atoms with Gasteiger partial charge in [0.05, 0.1) is 19.7 Å². The molecule has 0 aliphatic heterocycles. The highest BCUT2D eigenvalue weighted by Crippen LogP contribution is 2.33. The van der Waals surface area contributed by atoms with E-state index in [0.29, 0.717) is 35.5 Å². The Morgan fingerprint density at radius 3 is 2.42 bits per heavy atom. The first-order chi connectivity index (χ1) is 19.1. The third kappa shape index (κ3) is 6.77. The molecule has 1 aromatic heterocycles. The number of aryl methyl sites for hydroxylation is 1. The predicted molar refractivity (Wildman–Crippen MR) is 154 cm³/mol. The number of hydrogen-bond donors (Lipinski definition) is 1. The van der Waals surface area contributed by atoms with Crippen LogP contribution in [0.15, 0.2) is 66.7 Å². The van der Waals surface area contributed by atoms with Gasteiger partial charge in [-0.2, -0.15) is 0 Å². The zero-order valence-corrected chi connectivity index (χ0v) is 24.0. The van der Waals surface area contributed by atoms with Gasteiger partial charge in [-0.05, 0) is 69.5 Å². The second kappa shape index (κ2) is 12.2. The van der Waals surface area contributed by atoms with Crippen molar-refractivity contribution in [3.8, 4) is 11.5 Å². The third-order valence-corrected chi connectivity index (χ3v) is 6.53. The van der Waals surface area contributed by atoms with Gasteiger partial charge in [0.25, 0.3) is 0 Å². The minimum Gasteiger partial charge on any atom is -0.493 e. The van der Waals surface area contributed by atoms with Gasteiger partial charge in [-0.1, -0.05) is 53.2 Å². The van der Waals surface area contributed by atoms with Crippen LogP contribution in [0.5, 0.6) is 11.5 Å². The topological polar surface area (TPSA) is 98.6 Å². The molecule has 0 spiro atoms. The number of benzene rings is 3. The van der Waals surface area contributed by atoms with Crippen molar-refractivity contribution in [1.29, 1.82) is 0 Å². The Kier molecular flexibility index (Phi) is 8.72. The maximum Gasteiger partial charge on any atom is 0.247 e. The zero-order valence-electron chi connectivity index (χ0n) is 24.0. The van der Waals surface area contributed by atoms with Crippen molar-refractivity contribution in [2.75, 3.05) is 20.8 Å². The normalized spacial score (nSPS) is 12.2. The van der Waals surface area contributed by atoms with E-state index in [-0.39, 0.29) is 18.4 Å². The molecule has 3 aromatic carbocycles. The quantitative estimate of drug-likeness (QED) is 0.317. The second-order valence-electron chi connectivity index (χ2n) is 10.8. The van der Waals surface area contributed by atoms with E-state index in [1.807, 2.05) is 70.2 Å². The molecule has 2 amide bonds. The molecule has 9 nitrogen and oxygen atoms in total. The smallest absolute Gasteiger partial charge is 0.247 e. The highest BCUT2D eigenvalue weighted by molar-refractivity contribution is 5.89. The van der Waals surface area contributed by atoms with Crippen molar-refractivity contribution in [1.82, 2.24) is 25.2 Å². The summed E-state index contributed by atoms with van der Waals surface area (Å²) in [6.45, 7) is 8.02. The van der Waals surface area contributed by atoms with Crippen LogP contribution in [-0.4, -0.2) is 58.0 Å². The van der Waals surface area contributed by atoms with Crippen LogP contribution in [0.1, 0.15) is 43.5 Å². The lowest BCUT2D eigenvalue weighted by Gasteiger charge is -2.34. The molecule has 0 aliphatic carbocycles. The lowest BCUT2D eigenvalue weighted by Crippen LogP contribution is -2.50. The number of nitrogens with zero attached hydrogens (tertiary/aromatic N) is 4. The molecule has 0 bridgehead atoms. The average Bonchev–Trinajstić information content (AvgIpc) is 3.32. The Balaban J connectivity index is 1.77. The summed E-state index contributed by atoms with van der Waals surface area (Å²) in [6.07, 6.45) is 0.568. The lowest BCUT2D eigenvalue weighted by molar-refractivity contribution is -0.142. The maximum atomic E-state index is 14.1. The fourth-order valence-electron chi connectivity index (χ4n) is 4.70. The first-order valence-electron chi connectivity index (χ1n) is 13.3. The number of amides is 2. The first-order valence-corrected chi connectivity index (χ1v) is 13.3. The number of nitrogens with one attached hydrogen (secondary N) is 1. The van der Waals surface area contributed by atoms with Crippen molar-refractivity contribution in [2.24, 2.45) is 0 Å². The number of hydrogen-bond acceptors (Lipinski definition) is 6. The molecule has 1 unspecified atom stereocenters. The Labute approximate surface area is 235 Å². The van der Waals surface area contributed by atoms with E-state index in [1.54, 1.807) is 42.0 Å². The molecule has 1 heterocycles. The summed E-state index contributed by atoms with van der Waals surface area (Å²) in [5.41, 5.74) is 3.75. The molecule has 40 heavy (non-hydrogen) atoms. The molecule has 1 N–H and O–H groups in total. The van der Waals surface area contributed by atoms with E-state index in [4.69, 9.17) is 9.47 Å². The molecule has 4 aromatic rings. The van der Waals surface area contributed by atoms with Gasteiger partial charge in [0, 0.05) is 12.1 Å². The van der Waals surface area contributed by atoms with Crippen LogP contribution in [0.2, 0.25) is 0 Å². The lowest BCUT2D eigenvalue weighted by atomic mass is 10.00. The summed E-state index contributed by atoms with van der Waals surface area (Å²) in [7, 11) is 3.10. The van der Waals surface area contributed by atoms with Gasteiger partial charge in [-0.15, -0.1) is 5.10 Å². The Morgan fingerprint density at radius 2 is 1.73 bits per heavy atom. The van der Waals surface area contributed by atoms with Crippen LogP contribution in [-0.2, 0) is 22.6 Å². The molecule has 210 valence electrons. The number of rotatable bonds is 10. The van der Waals surface area contributed by atoms with Gasteiger partial charge >= 0.3 is 0 Å². The molecule has 0 saturated carbocycles. The van der Waals surface area contributed by atoms with Crippen LogP contribution in [0, 0.1) is 6.92 Å². The monoisotopic (exact) mass is 543 g/mol. The van der Waals surface area contributed by atoms with Gasteiger partial charge in [-0.25, -0.2) is 4.68 Å². The molecular weight excluding hydrogens is 506 g/mol. The van der Waals surface area contributed by atoms with Gasteiger partial charge in [0.2, 0.25) is 11.8 Å². The van der Waals surface area contributed by atoms with Crippen molar-refractivity contribution >= 4 is 22.8 Å². The van der Waals surface area contributed by atoms with Crippen LogP contribution in [0.4, 0.5) is 0 Å². The van der Waals surface area contributed by atoms with E-state index < -0.39 is 11.6 Å². The summed E-state index contributed by atoms with van der Waals surface area (Å²) < 4.78 is 12.5. The molecular formula is C31H37N5O4. The van der Waals surface area contributed by atoms with E-state index in [0.717, 1.165) is 16.6 Å². The van der Waals surface area contributed by atoms with Crippen molar-refractivity contribution in [3.63, 3.8) is 0 Å². The molecule has 4 rings (SSSR count). The number of carbonyl (C=O) groups is 2. The van der Waals surface area contributed by atoms with Gasteiger partial charge in [0.15, 0.2) is 11.5 Å². The van der Waals surface area contributed by atoms with Crippen molar-refractivity contribution < 1.29 is 19.1 Å². The molecule has 0 saturated heterocycles. The maximum absolute atomic E-state index is 14.1. The fraction of sp³-hybridized carbons (Fsp3) is 0.355.